The number of hydrogen-bond donors (Lipinski definition) is 2. The number of nitrogens with zero attached hydrogens (tertiary/aromatic N) is 1. The van der Waals surface area contributed by atoms with E-state index in [4.69, 9.17) is 5.11 Å². The molecule has 0 bridgehead atoms. The van der Waals surface area contributed by atoms with Gasteiger partial charge in [-0.05, 0) is 31.2 Å². The topological polar surface area (TPSA) is 79.3 Å². The van der Waals surface area contributed by atoms with Gasteiger partial charge < -0.3 is 10.4 Å². The number of anilines is 1. The van der Waals surface area contributed by atoms with E-state index >= 15 is 0 Å². The Kier molecular flexibility index (Phi) is 4.32. The van der Waals surface area contributed by atoms with Crippen molar-refractivity contribution in [2.75, 3.05) is 5.32 Å². The summed E-state index contributed by atoms with van der Waals surface area (Å²) >= 11 is 1.38. The SMILES string of the molecule is Cc1nc(C(C)(C)C)sc1C(=O)Nc1ccc(C(=O)O)cc1. The van der Waals surface area contributed by atoms with Gasteiger partial charge in [-0.3, -0.25) is 4.79 Å². The average molecular weight is 318 g/mol. The van der Waals surface area contributed by atoms with E-state index < -0.39 is 5.97 Å². The molecule has 0 atom stereocenters. The molecule has 0 aliphatic rings. The first-order valence-electron chi connectivity index (χ1n) is 6.81. The molecule has 2 rings (SSSR count). The fourth-order valence-electron chi connectivity index (χ4n) is 1.81. The van der Waals surface area contributed by atoms with E-state index in [2.05, 4.69) is 31.1 Å². The Morgan fingerprint density at radius 2 is 1.77 bits per heavy atom. The number of rotatable bonds is 3. The van der Waals surface area contributed by atoms with Crippen LogP contribution in [0.2, 0.25) is 0 Å². The summed E-state index contributed by atoms with van der Waals surface area (Å²) in [7, 11) is 0. The largest absolute Gasteiger partial charge is 0.478 e. The highest BCUT2D eigenvalue weighted by molar-refractivity contribution is 7.14. The first kappa shape index (κ1) is 16.2. The summed E-state index contributed by atoms with van der Waals surface area (Å²) in [5, 5.41) is 12.5. The normalized spacial score (nSPS) is 11.3. The number of amides is 1. The van der Waals surface area contributed by atoms with Crippen LogP contribution in [0.5, 0.6) is 0 Å². The molecule has 1 aromatic heterocycles. The number of carboxylic acids is 1. The van der Waals surface area contributed by atoms with Gasteiger partial charge in [0.2, 0.25) is 0 Å². The molecule has 5 nitrogen and oxygen atoms in total. The van der Waals surface area contributed by atoms with E-state index in [9.17, 15) is 9.59 Å². The van der Waals surface area contributed by atoms with Crippen LogP contribution in [-0.2, 0) is 5.41 Å². The van der Waals surface area contributed by atoms with Crippen molar-refractivity contribution in [1.82, 2.24) is 4.98 Å². The Bertz CT molecular complexity index is 712. The van der Waals surface area contributed by atoms with Crippen molar-refractivity contribution in [2.24, 2.45) is 0 Å². The Morgan fingerprint density at radius 3 is 2.23 bits per heavy atom. The van der Waals surface area contributed by atoms with Crippen LogP contribution in [0.4, 0.5) is 5.69 Å². The second-order valence-corrected chi connectivity index (χ2v) is 7.02. The smallest absolute Gasteiger partial charge is 0.335 e. The van der Waals surface area contributed by atoms with E-state index in [-0.39, 0.29) is 16.9 Å². The van der Waals surface area contributed by atoms with Crippen LogP contribution < -0.4 is 5.32 Å². The van der Waals surface area contributed by atoms with E-state index in [0.717, 1.165) is 5.01 Å². The quantitative estimate of drug-likeness (QED) is 0.904. The number of thiazole rings is 1. The van der Waals surface area contributed by atoms with Crippen LogP contribution in [0, 0.1) is 6.92 Å². The van der Waals surface area contributed by atoms with Gasteiger partial charge in [0.05, 0.1) is 16.3 Å². The number of aryl methyl sites for hydroxylation is 1. The van der Waals surface area contributed by atoms with E-state index in [1.54, 1.807) is 12.1 Å². The lowest BCUT2D eigenvalue weighted by Gasteiger charge is -2.13. The lowest BCUT2D eigenvalue weighted by molar-refractivity contribution is 0.0696. The molecule has 0 unspecified atom stereocenters. The van der Waals surface area contributed by atoms with Crippen molar-refractivity contribution >= 4 is 28.9 Å². The summed E-state index contributed by atoms with van der Waals surface area (Å²) in [6.45, 7) is 7.97. The van der Waals surface area contributed by atoms with Gasteiger partial charge in [-0.1, -0.05) is 20.8 Å². The molecule has 116 valence electrons. The van der Waals surface area contributed by atoms with Crippen LogP contribution in [0.3, 0.4) is 0 Å². The lowest BCUT2D eigenvalue weighted by atomic mass is 9.98. The number of aromatic nitrogens is 1. The maximum Gasteiger partial charge on any atom is 0.335 e. The van der Waals surface area contributed by atoms with Gasteiger partial charge in [0, 0.05) is 11.1 Å². The molecule has 0 spiro atoms. The van der Waals surface area contributed by atoms with Crippen LogP contribution >= 0.6 is 11.3 Å². The van der Waals surface area contributed by atoms with Gasteiger partial charge in [0.15, 0.2) is 0 Å². The first-order chi connectivity index (χ1) is 10.2. The molecule has 0 saturated heterocycles. The summed E-state index contributed by atoms with van der Waals surface area (Å²) in [6, 6.07) is 6.06. The number of carbonyl (C=O) groups excluding carboxylic acids is 1. The highest BCUT2D eigenvalue weighted by Crippen LogP contribution is 2.29. The Labute approximate surface area is 133 Å². The first-order valence-corrected chi connectivity index (χ1v) is 7.63. The molecule has 0 aliphatic carbocycles. The number of carbonyl (C=O) groups is 2. The number of aromatic carboxylic acids is 1. The molecular formula is C16H18N2O3S. The van der Waals surface area contributed by atoms with Crippen molar-refractivity contribution in [3.8, 4) is 0 Å². The Balaban J connectivity index is 2.19. The van der Waals surface area contributed by atoms with Gasteiger partial charge in [-0.15, -0.1) is 11.3 Å². The highest BCUT2D eigenvalue weighted by Gasteiger charge is 2.23. The number of nitrogens with one attached hydrogen (secondary N) is 1. The van der Waals surface area contributed by atoms with Crippen LogP contribution in [0.25, 0.3) is 0 Å². The van der Waals surface area contributed by atoms with Crippen LogP contribution in [0.1, 0.15) is 51.5 Å². The van der Waals surface area contributed by atoms with Gasteiger partial charge in [-0.2, -0.15) is 0 Å². The molecule has 1 amide bonds. The summed E-state index contributed by atoms with van der Waals surface area (Å²) in [5.74, 6) is -1.22. The minimum absolute atomic E-state index is 0.100. The second-order valence-electron chi connectivity index (χ2n) is 6.02. The summed E-state index contributed by atoms with van der Waals surface area (Å²) in [6.07, 6.45) is 0. The molecule has 0 fully saturated rings. The molecule has 6 heteroatoms. The zero-order valence-electron chi connectivity index (χ0n) is 12.9. The number of benzene rings is 1. The molecule has 0 radical (unpaired) electrons. The van der Waals surface area contributed by atoms with Crippen LogP contribution in [0.15, 0.2) is 24.3 Å². The fraction of sp³-hybridized carbons (Fsp3) is 0.312. The Hall–Kier alpha value is -2.21. The van der Waals surface area contributed by atoms with E-state index in [1.807, 2.05) is 6.92 Å². The standard InChI is InChI=1S/C16H18N2O3S/c1-9-12(22-15(17-9)16(2,3)4)13(19)18-11-7-5-10(6-8-11)14(20)21/h5-8H,1-4H3,(H,18,19)(H,20,21). The minimum Gasteiger partial charge on any atom is -0.478 e. The maximum absolute atomic E-state index is 12.3. The monoisotopic (exact) mass is 318 g/mol. The highest BCUT2D eigenvalue weighted by atomic mass is 32.1. The molecule has 1 heterocycles. The fourth-order valence-corrected chi connectivity index (χ4v) is 2.83. The molecule has 0 saturated carbocycles. The predicted molar refractivity (Wildman–Crippen MR) is 86.9 cm³/mol. The minimum atomic E-state index is -0.994. The third kappa shape index (κ3) is 3.51. The zero-order valence-corrected chi connectivity index (χ0v) is 13.7. The third-order valence-electron chi connectivity index (χ3n) is 3.03. The predicted octanol–water partition coefficient (Wildman–Crippen LogP) is 3.70. The van der Waals surface area contributed by atoms with E-state index in [1.165, 1.54) is 23.5 Å². The maximum atomic E-state index is 12.3. The van der Waals surface area contributed by atoms with Crippen LogP contribution in [-0.4, -0.2) is 22.0 Å². The second kappa shape index (κ2) is 5.88. The van der Waals surface area contributed by atoms with Crippen molar-refractivity contribution < 1.29 is 14.7 Å². The molecule has 1 aromatic carbocycles. The Morgan fingerprint density at radius 1 is 1.18 bits per heavy atom. The summed E-state index contributed by atoms with van der Waals surface area (Å²) in [4.78, 5) is 28.2. The van der Waals surface area contributed by atoms with Gasteiger partial charge in [0.25, 0.3) is 5.91 Å². The zero-order chi connectivity index (χ0) is 16.5. The van der Waals surface area contributed by atoms with Gasteiger partial charge in [0.1, 0.15) is 4.88 Å². The van der Waals surface area contributed by atoms with Crippen molar-refractivity contribution in [3.05, 3.63) is 45.4 Å². The summed E-state index contributed by atoms with van der Waals surface area (Å²) in [5.41, 5.74) is 1.34. The number of hydrogen-bond acceptors (Lipinski definition) is 4. The lowest BCUT2D eigenvalue weighted by Crippen LogP contribution is -2.11. The van der Waals surface area contributed by atoms with Gasteiger partial charge in [-0.25, -0.2) is 9.78 Å². The summed E-state index contributed by atoms with van der Waals surface area (Å²) < 4.78 is 0. The molecule has 2 aromatic rings. The average Bonchev–Trinajstić information content (AvgIpc) is 2.81. The van der Waals surface area contributed by atoms with Gasteiger partial charge >= 0.3 is 5.97 Å². The third-order valence-corrected chi connectivity index (χ3v) is 4.62. The van der Waals surface area contributed by atoms with Crippen molar-refractivity contribution in [1.29, 1.82) is 0 Å². The molecule has 22 heavy (non-hydrogen) atoms. The molecular weight excluding hydrogens is 300 g/mol. The van der Waals surface area contributed by atoms with E-state index in [0.29, 0.717) is 16.3 Å². The molecule has 0 aliphatic heterocycles. The molecule has 2 N–H and O–H groups in total. The van der Waals surface area contributed by atoms with Crippen molar-refractivity contribution in [3.63, 3.8) is 0 Å². The van der Waals surface area contributed by atoms with Crippen molar-refractivity contribution in [2.45, 2.75) is 33.1 Å². The number of carboxylic acid groups (broad SMARTS) is 1.